The van der Waals surface area contributed by atoms with Crippen LogP contribution in [0.1, 0.15) is 6.92 Å². The molecule has 1 aromatic carbocycles. The number of benzene rings is 1. The second-order valence-electron chi connectivity index (χ2n) is 4.47. The molecule has 1 aromatic rings. The number of anilines is 1. The van der Waals surface area contributed by atoms with Gasteiger partial charge in [-0.1, -0.05) is 0 Å². The summed E-state index contributed by atoms with van der Waals surface area (Å²) in [6, 6.07) is 7.99. The Labute approximate surface area is 107 Å². The number of hydrogen-bond acceptors (Lipinski definition) is 3. The van der Waals surface area contributed by atoms with Crippen molar-refractivity contribution in [2.24, 2.45) is 4.99 Å². The van der Waals surface area contributed by atoms with Crippen molar-refractivity contribution in [2.45, 2.75) is 6.92 Å². The van der Waals surface area contributed by atoms with Crippen LogP contribution in [-0.2, 0) is 4.79 Å². The molecule has 0 aromatic heterocycles. The highest BCUT2D eigenvalue weighted by Crippen LogP contribution is 2.20. The minimum atomic E-state index is 0.0226. The van der Waals surface area contributed by atoms with E-state index in [1.807, 2.05) is 50.2 Å². The molecule has 18 heavy (non-hydrogen) atoms. The molecule has 0 bridgehead atoms. The van der Waals surface area contributed by atoms with Gasteiger partial charge in [0, 0.05) is 19.8 Å². The SMILES string of the molecule is CC1=CC(=O)C=CC1=Nc1ccc(N(C)C)cc1. The van der Waals surface area contributed by atoms with Gasteiger partial charge >= 0.3 is 0 Å². The highest BCUT2D eigenvalue weighted by atomic mass is 16.1. The minimum absolute atomic E-state index is 0.0226. The lowest BCUT2D eigenvalue weighted by atomic mass is 10.0. The van der Waals surface area contributed by atoms with Gasteiger partial charge in [0.2, 0.25) is 0 Å². The molecular weight excluding hydrogens is 224 g/mol. The van der Waals surface area contributed by atoms with Crippen LogP contribution in [0.15, 0.2) is 53.1 Å². The van der Waals surface area contributed by atoms with Gasteiger partial charge in [0.15, 0.2) is 5.78 Å². The quantitative estimate of drug-likeness (QED) is 0.744. The maximum atomic E-state index is 11.2. The van der Waals surface area contributed by atoms with Crippen LogP contribution in [0.3, 0.4) is 0 Å². The van der Waals surface area contributed by atoms with Gasteiger partial charge in [0.25, 0.3) is 0 Å². The first-order chi connectivity index (χ1) is 8.56. The number of carbonyl (C=O) groups excluding carboxylic acids is 1. The Hall–Kier alpha value is -2.16. The van der Waals surface area contributed by atoms with Gasteiger partial charge in [-0.15, -0.1) is 0 Å². The Morgan fingerprint density at radius 3 is 2.28 bits per heavy atom. The molecule has 3 nitrogen and oxygen atoms in total. The van der Waals surface area contributed by atoms with Crippen LogP contribution in [0, 0.1) is 0 Å². The van der Waals surface area contributed by atoms with E-state index in [4.69, 9.17) is 0 Å². The molecule has 3 heteroatoms. The Bertz CT molecular complexity index is 548. The van der Waals surface area contributed by atoms with Crippen molar-refractivity contribution >= 4 is 22.9 Å². The summed E-state index contributed by atoms with van der Waals surface area (Å²) < 4.78 is 0. The van der Waals surface area contributed by atoms with Gasteiger partial charge < -0.3 is 4.90 Å². The highest BCUT2D eigenvalue weighted by Gasteiger charge is 2.07. The number of carbonyl (C=O) groups is 1. The number of ketones is 1. The average molecular weight is 240 g/mol. The zero-order valence-electron chi connectivity index (χ0n) is 10.8. The molecule has 0 unspecified atom stereocenters. The van der Waals surface area contributed by atoms with Crippen LogP contribution in [-0.4, -0.2) is 25.6 Å². The van der Waals surface area contributed by atoms with Gasteiger partial charge in [0.05, 0.1) is 11.4 Å². The lowest BCUT2D eigenvalue weighted by Gasteiger charge is -2.12. The van der Waals surface area contributed by atoms with Gasteiger partial charge in [-0.3, -0.25) is 4.79 Å². The summed E-state index contributed by atoms with van der Waals surface area (Å²) in [7, 11) is 4.01. The van der Waals surface area contributed by atoms with E-state index in [1.165, 1.54) is 0 Å². The number of aliphatic imine (C=N–C) groups is 1. The largest absolute Gasteiger partial charge is 0.378 e. The molecule has 0 saturated carbocycles. The third kappa shape index (κ3) is 2.74. The molecule has 2 rings (SSSR count). The van der Waals surface area contributed by atoms with Crippen molar-refractivity contribution in [1.82, 2.24) is 0 Å². The summed E-state index contributed by atoms with van der Waals surface area (Å²) in [4.78, 5) is 17.7. The summed E-state index contributed by atoms with van der Waals surface area (Å²) >= 11 is 0. The molecule has 0 amide bonds. The van der Waals surface area contributed by atoms with Crippen LogP contribution >= 0.6 is 0 Å². The van der Waals surface area contributed by atoms with Gasteiger partial charge in [-0.05, 0) is 55.0 Å². The molecule has 1 aliphatic rings. The van der Waals surface area contributed by atoms with Crippen molar-refractivity contribution in [1.29, 1.82) is 0 Å². The molecule has 1 aliphatic carbocycles. The number of hydrogen-bond donors (Lipinski definition) is 0. The number of allylic oxidation sites excluding steroid dienone is 4. The molecule has 0 spiro atoms. The molecule has 0 atom stereocenters. The Morgan fingerprint density at radius 2 is 1.72 bits per heavy atom. The minimum Gasteiger partial charge on any atom is -0.378 e. The third-order valence-corrected chi connectivity index (χ3v) is 2.78. The van der Waals surface area contributed by atoms with E-state index in [-0.39, 0.29) is 5.78 Å². The van der Waals surface area contributed by atoms with Crippen LogP contribution < -0.4 is 4.90 Å². The van der Waals surface area contributed by atoms with E-state index in [1.54, 1.807) is 18.2 Å². The maximum absolute atomic E-state index is 11.2. The summed E-state index contributed by atoms with van der Waals surface area (Å²) in [5.41, 5.74) is 3.77. The average Bonchev–Trinajstić information content (AvgIpc) is 2.33. The Balaban J connectivity index is 2.26. The van der Waals surface area contributed by atoms with E-state index >= 15 is 0 Å². The second-order valence-corrected chi connectivity index (χ2v) is 4.47. The van der Waals surface area contributed by atoms with Gasteiger partial charge in [-0.25, -0.2) is 4.99 Å². The van der Waals surface area contributed by atoms with Gasteiger partial charge in [-0.2, -0.15) is 0 Å². The van der Waals surface area contributed by atoms with Crippen molar-refractivity contribution < 1.29 is 4.79 Å². The fourth-order valence-corrected chi connectivity index (χ4v) is 1.72. The van der Waals surface area contributed by atoms with E-state index in [0.717, 1.165) is 22.7 Å². The predicted octanol–water partition coefficient (Wildman–Crippen LogP) is 2.91. The maximum Gasteiger partial charge on any atom is 0.179 e. The van der Waals surface area contributed by atoms with E-state index in [0.29, 0.717) is 0 Å². The smallest absolute Gasteiger partial charge is 0.179 e. The van der Waals surface area contributed by atoms with Crippen molar-refractivity contribution in [3.05, 3.63) is 48.1 Å². The summed E-state index contributed by atoms with van der Waals surface area (Å²) in [5.74, 6) is 0.0226. The first-order valence-electron chi connectivity index (χ1n) is 5.83. The molecule has 0 saturated heterocycles. The first-order valence-corrected chi connectivity index (χ1v) is 5.83. The zero-order valence-corrected chi connectivity index (χ0v) is 10.8. The number of rotatable bonds is 2. The number of nitrogens with zero attached hydrogens (tertiary/aromatic N) is 2. The zero-order chi connectivity index (χ0) is 13.1. The van der Waals surface area contributed by atoms with Gasteiger partial charge in [0.1, 0.15) is 0 Å². The molecule has 0 aliphatic heterocycles. The topological polar surface area (TPSA) is 32.7 Å². The summed E-state index contributed by atoms with van der Waals surface area (Å²) in [5, 5.41) is 0. The fraction of sp³-hybridized carbons (Fsp3) is 0.200. The van der Waals surface area contributed by atoms with Crippen molar-refractivity contribution in [3.8, 4) is 0 Å². The second kappa shape index (κ2) is 5.00. The summed E-state index contributed by atoms with van der Waals surface area (Å²) in [6.07, 6.45) is 4.91. The molecule has 0 radical (unpaired) electrons. The van der Waals surface area contributed by atoms with Crippen LogP contribution in [0.2, 0.25) is 0 Å². The third-order valence-electron chi connectivity index (χ3n) is 2.78. The monoisotopic (exact) mass is 240 g/mol. The molecular formula is C15H16N2O. The normalized spacial score (nSPS) is 16.9. The molecule has 0 fully saturated rings. The standard InChI is InChI=1S/C15H16N2O/c1-11-10-14(18)8-9-15(11)16-12-4-6-13(7-5-12)17(2)3/h4-10H,1-3H3. The van der Waals surface area contributed by atoms with E-state index in [9.17, 15) is 4.79 Å². The van der Waals surface area contributed by atoms with Crippen LogP contribution in [0.4, 0.5) is 11.4 Å². The molecule has 0 N–H and O–H groups in total. The highest BCUT2D eigenvalue weighted by molar-refractivity contribution is 6.19. The Morgan fingerprint density at radius 1 is 1.06 bits per heavy atom. The summed E-state index contributed by atoms with van der Waals surface area (Å²) in [6.45, 7) is 1.90. The van der Waals surface area contributed by atoms with Crippen LogP contribution in [0.5, 0.6) is 0 Å². The van der Waals surface area contributed by atoms with E-state index < -0.39 is 0 Å². The fourth-order valence-electron chi connectivity index (χ4n) is 1.72. The Kier molecular flexibility index (Phi) is 3.42. The molecule has 92 valence electrons. The van der Waals surface area contributed by atoms with Crippen LogP contribution in [0.25, 0.3) is 0 Å². The molecule has 0 heterocycles. The lowest BCUT2D eigenvalue weighted by Crippen LogP contribution is -2.08. The van der Waals surface area contributed by atoms with Crippen molar-refractivity contribution in [2.75, 3.05) is 19.0 Å². The van der Waals surface area contributed by atoms with E-state index in [2.05, 4.69) is 4.99 Å². The first kappa shape index (κ1) is 12.3. The predicted molar refractivity (Wildman–Crippen MR) is 75.8 cm³/mol. The lowest BCUT2D eigenvalue weighted by molar-refractivity contribution is -0.110. The van der Waals surface area contributed by atoms with Crippen molar-refractivity contribution in [3.63, 3.8) is 0 Å².